The smallest absolute Gasteiger partial charge is 0.272 e. The summed E-state index contributed by atoms with van der Waals surface area (Å²) in [5.41, 5.74) is 5.60. The first-order chi connectivity index (χ1) is 9.02. The van der Waals surface area contributed by atoms with Crippen LogP contribution >= 0.6 is 0 Å². The monoisotopic (exact) mass is 259 g/mol. The second-order valence-corrected chi connectivity index (χ2v) is 4.91. The molecule has 1 amide bonds. The molecule has 0 aromatic carbocycles. The number of likely N-dealkylation sites (tertiary alicyclic amines) is 1. The number of pyridine rings is 1. The van der Waals surface area contributed by atoms with Crippen molar-refractivity contribution < 1.29 is 9.90 Å². The van der Waals surface area contributed by atoms with Gasteiger partial charge in [-0.1, -0.05) is 11.8 Å². The van der Waals surface area contributed by atoms with Gasteiger partial charge in [-0.2, -0.15) is 0 Å². The van der Waals surface area contributed by atoms with Crippen LogP contribution < -0.4 is 5.73 Å². The molecule has 0 saturated carbocycles. The van der Waals surface area contributed by atoms with Crippen molar-refractivity contribution in [3.63, 3.8) is 0 Å². The van der Waals surface area contributed by atoms with Gasteiger partial charge in [0.2, 0.25) is 0 Å². The molecule has 100 valence electrons. The van der Waals surface area contributed by atoms with Gasteiger partial charge in [-0.05, 0) is 25.5 Å². The molecule has 1 saturated heterocycles. The maximum Gasteiger partial charge on any atom is 0.272 e. The van der Waals surface area contributed by atoms with Crippen molar-refractivity contribution in [2.24, 2.45) is 5.73 Å². The molecule has 1 aromatic heterocycles. The summed E-state index contributed by atoms with van der Waals surface area (Å²) in [6, 6.07) is 3.40. The molecule has 0 spiro atoms. The van der Waals surface area contributed by atoms with Crippen molar-refractivity contribution in [2.45, 2.75) is 18.9 Å². The summed E-state index contributed by atoms with van der Waals surface area (Å²) >= 11 is 0. The fraction of sp³-hybridized carbons (Fsp3) is 0.429. The van der Waals surface area contributed by atoms with E-state index in [1.54, 1.807) is 30.2 Å². The minimum absolute atomic E-state index is 0.156. The molecular weight excluding hydrogens is 242 g/mol. The largest absolute Gasteiger partial charge is 0.388 e. The first-order valence-electron chi connectivity index (χ1n) is 6.18. The summed E-state index contributed by atoms with van der Waals surface area (Å²) in [7, 11) is 0. The Morgan fingerprint density at radius 1 is 1.63 bits per heavy atom. The normalized spacial score (nSPS) is 21.9. The van der Waals surface area contributed by atoms with E-state index in [1.807, 2.05) is 0 Å². The lowest BCUT2D eigenvalue weighted by Crippen LogP contribution is -2.34. The van der Waals surface area contributed by atoms with E-state index in [0.717, 1.165) is 5.56 Å². The summed E-state index contributed by atoms with van der Waals surface area (Å²) in [5.74, 6) is 5.42. The Balaban J connectivity index is 2.08. The molecular formula is C14H17N3O2. The second-order valence-electron chi connectivity index (χ2n) is 4.91. The number of amides is 1. The van der Waals surface area contributed by atoms with Gasteiger partial charge >= 0.3 is 0 Å². The van der Waals surface area contributed by atoms with Crippen LogP contribution in [0.3, 0.4) is 0 Å². The molecule has 0 bridgehead atoms. The zero-order valence-electron chi connectivity index (χ0n) is 10.9. The SMILES string of the molecule is CC1(O)CCN(C(=O)c2ccc(C#CCN)cn2)C1. The molecule has 1 aromatic rings. The Bertz CT molecular complexity index is 526. The predicted molar refractivity (Wildman–Crippen MR) is 71.3 cm³/mol. The van der Waals surface area contributed by atoms with Crippen LogP contribution in [0.4, 0.5) is 0 Å². The Kier molecular flexibility index (Phi) is 3.84. The van der Waals surface area contributed by atoms with E-state index in [2.05, 4.69) is 16.8 Å². The van der Waals surface area contributed by atoms with Gasteiger partial charge in [-0.15, -0.1) is 0 Å². The number of nitrogens with zero attached hydrogens (tertiary/aromatic N) is 2. The highest BCUT2D eigenvalue weighted by molar-refractivity contribution is 5.92. The minimum atomic E-state index is -0.789. The number of aromatic nitrogens is 1. The molecule has 0 radical (unpaired) electrons. The van der Waals surface area contributed by atoms with Crippen LogP contribution in [0, 0.1) is 11.8 Å². The number of rotatable bonds is 1. The summed E-state index contributed by atoms with van der Waals surface area (Å²) < 4.78 is 0. The molecule has 0 aliphatic carbocycles. The van der Waals surface area contributed by atoms with Crippen LogP contribution in [0.15, 0.2) is 18.3 Å². The highest BCUT2D eigenvalue weighted by Crippen LogP contribution is 2.21. The molecule has 2 heterocycles. The molecule has 5 heteroatoms. The van der Waals surface area contributed by atoms with E-state index < -0.39 is 5.60 Å². The van der Waals surface area contributed by atoms with Crippen molar-refractivity contribution in [3.8, 4) is 11.8 Å². The van der Waals surface area contributed by atoms with Gasteiger partial charge in [0, 0.05) is 24.8 Å². The minimum Gasteiger partial charge on any atom is -0.388 e. The summed E-state index contributed by atoms with van der Waals surface area (Å²) in [6.45, 7) is 2.94. The fourth-order valence-electron chi connectivity index (χ4n) is 2.03. The number of β-amino-alcohol motifs (C(OH)–C–C–N with tert-alkyl or cyclic N) is 1. The number of carbonyl (C=O) groups excluding carboxylic acids is 1. The van der Waals surface area contributed by atoms with Gasteiger partial charge in [0.05, 0.1) is 12.1 Å². The van der Waals surface area contributed by atoms with Crippen LogP contribution in [0.1, 0.15) is 29.4 Å². The first kappa shape index (κ1) is 13.5. The molecule has 3 N–H and O–H groups in total. The van der Waals surface area contributed by atoms with Crippen molar-refractivity contribution >= 4 is 5.91 Å². The molecule has 2 rings (SSSR count). The van der Waals surface area contributed by atoms with Crippen molar-refractivity contribution in [1.82, 2.24) is 9.88 Å². The van der Waals surface area contributed by atoms with Gasteiger partial charge in [0.15, 0.2) is 0 Å². The molecule has 5 nitrogen and oxygen atoms in total. The lowest BCUT2D eigenvalue weighted by molar-refractivity contribution is 0.0569. The van der Waals surface area contributed by atoms with Gasteiger partial charge in [-0.25, -0.2) is 4.98 Å². The van der Waals surface area contributed by atoms with Gasteiger partial charge in [0.1, 0.15) is 5.69 Å². The lowest BCUT2D eigenvalue weighted by atomic mass is 10.1. The topological polar surface area (TPSA) is 79.5 Å². The highest BCUT2D eigenvalue weighted by Gasteiger charge is 2.34. The standard InChI is InChI=1S/C14H17N3O2/c1-14(19)6-8-17(10-14)13(18)12-5-4-11(9-16-12)3-2-7-15/h4-5,9,19H,6-8,10,15H2,1H3. The van der Waals surface area contributed by atoms with Crippen LogP contribution in [-0.4, -0.2) is 46.1 Å². The quantitative estimate of drug-likeness (QED) is 0.695. The third-order valence-corrected chi connectivity index (χ3v) is 3.06. The van der Waals surface area contributed by atoms with E-state index in [0.29, 0.717) is 31.7 Å². The molecule has 19 heavy (non-hydrogen) atoms. The molecule has 1 fully saturated rings. The molecule has 1 aliphatic heterocycles. The average Bonchev–Trinajstić information content (AvgIpc) is 2.76. The van der Waals surface area contributed by atoms with Crippen LogP contribution in [0.5, 0.6) is 0 Å². The Morgan fingerprint density at radius 3 is 2.95 bits per heavy atom. The van der Waals surface area contributed by atoms with E-state index >= 15 is 0 Å². The molecule has 1 atom stereocenters. The lowest BCUT2D eigenvalue weighted by Gasteiger charge is -2.18. The third-order valence-electron chi connectivity index (χ3n) is 3.06. The second kappa shape index (κ2) is 5.39. The highest BCUT2D eigenvalue weighted by atomic mass is 16.3. The zero-order valence-corrected chi connectivity index (χ0v) is 10.9. The number of hydrogen-bond acceptors (Lipinski definition) is 4. The Labute approximate surface area is 112 Å². The van der Waals surface area contributed by atoms with Gasteiger partial charge < -0.3 is 15.7 Å². The maximum absolute atomic E-state index is 12.2. The maximum atomic E-state index is 12.2. The van der Waals surface area contributed by atoms with Crippen molar-refractivity contribution in [3.05, 3.63) is 29.6 Å². The van der Waals surface area contributed by atoms with E-state index in [-0.39, 0.29) is 5.91 Å². The number of aliphatic hydroxyl groups is 1. The molecule has 1 aliphatic rings. The summed E-state index contributed by atoms with van der Waals surface area (Å²) in [4.78, 5) is 17.9. The molecule has 1 unspecified atom stereocenters. The van der Waals surface area contributed by atoms with E-state index in [1.165, 1.54) is 0 Å². The van der Waals surface area contributed by atoms with Crippen LogP contribution in [0.25, 0.3) is 0 Å². The fourth-order valence-corrected chi connectivity index (χ4v) is 2.03. The zero-order chi connectivity index (χ0) is 13.9. The van der Waals surface area contributed by atoms with Gasteiger partial charge in [0.25, 0.3) is 5.91 Å². The van der Waals surface area contributed by atoms with Crippen molar-refractivity contribution in [2.75, 3.05) is 19.6 Å². The van der Waals surface area contributed by atoms with Crippen LogP contribution in [0.2, 0.25) is 0 Å². The third kappa shape index (κ3) is 3.31. The number of hydrogen-bond donors (Lipinski definition) is 2. The Morgan fingerprint density at radius 2 is 2.42 bits per heavy atom. The average molecular weight is 259 g/mol. The first-order valence-corrected chi connectivity index (χ1v) is 6.18. The van der Waals surface area contributed by atoms with E-state index in [9.17, 15) is 9.90 Å². The van der Waals surface area contributed by atoms with E-state index in [4.69, 9.17) is 5.73 Å². The Hall–Kier alpha value is -1.90. The summed E-state index contributed by atoms with van der Waals surface area (Å²) in [5, 5.41) is 9.86. The summed E-state index contributed by atoms with van der Waals surface area (Å²) in [6.07, 6.45) is 2.16. The number of nitrogens with two attached hydrogens (primary N) is 1. The van der Waals surface area contributed by atoms with Crippen molar-refractivity contribution in [1.29, 1.82) is 0 Å². The van der Waals surface area contributed by atoms with Crippen LogP contribution in [-0.2, 0) is 0 Å². The number of carbonyl (C=O) groups is 1. The predicted octanol–water partition coefficient (Wildman–Crippen LogP) is -0.0113. The van der Waals surface area contributed by atoms with Gasteiger partial charge in [-0.3, -0.25) is 4.79 Å².